The number of ether oxygens (including phenoxy) is 1. The smallest absolute Gasteiger partial charge is 0.507 e. The molecule has 34 heavy (non-hydrogen) atoms. The summed E-state index contributed by atoms with van der Waals surface area (Å²) in [6, 6.07) is 9.95. The third-order valence-corrected chi connectivity index (χ3v) is 5.25. The summed E-state index contributed by atoms with van der Waals surface area (Å²) in [6.45, 7) is 3.12. The third-order valence-electron chi connectivity index (χ3n) is 5.25. The van der Waals surface area contributed by atoms with Gasteiger partial charge in [-0.3, -0.25) is 14.5 Å². The maximum atomic E-state index is 13.7. The van der Waals surface area contributed by atoms with Crippen LogP contribution in [0.3, 0.4) is 0 Å². The lowest BCUT2D eigenvalue weighted by atomic mass is 9.98. The molecule has 0 radical (unpaired) electrons. The number of Topliss-reactive ketones (excluding diaryl/α,β-unsaturated/α-hetero) is 1. The highest BCUT2D eigenvalue weighted by atomic mass is 19.4. The molecule has 10 heteroatoms. The van der Waals surface area contributed by atoms with Crippen molar-refractivity contribution in [2.75, 3.05) is 4.90 Å². The van der Waals surface area contributed by atoms with Gasteiger partial charge in [-0.2, -0.15) is 0 Å². The standard InChI is InChI=1S/C24H17F4NO5/c1-12-11-14(4-9-17(12)25)21(30)19-20(18-10-3-13(2)33-18)29(23(32)22(19)31)15-5-7-16(8-6-15)34-24(26,27)28/h3-11,20,30H,1-2H3/b21-19-. The molecule has 1 aliphatic heterocycles. The Labute approximate surface area is 190 Å². The Morgan fingerprint density at radius 3 is 2.26 bits per heavy atom. The average molecular weight is 475 g/mol. The van der Waals surface area contributed by atoms with Crippen molar-refractivity contribution in [2.45, 2.75) is 26.3 Å². The van der Waals surface area contributed by atoms with E-state index in [2.05, 4.69) is 4.74 Å². The van der Waals surface area contributed by atoms with Crippen LogP contribution in [0.25, 0.3) is 5.76 Å². The number of alkyl halides is 3. The molecule has 0 saturated carbocycles. The fourth-order valence-corrected chi connectivity index (χ4v) is 3.72. The van der Waals surface area contributed by atoms with E-state index in [9.17, 15) is 32.3 Å². The van der Waals surface area contributed by atoms with E-state index < -0.39 is 41.4 Å². The third kappa shape index (κ3) is 4.26. The summed E-state index contributed by atoms with van der Waals surface area (Å²) in [5.41, 5.74) is 0.0917. The predicted molar refractivity (Wildman–Crippen MR) is 112 cm³/mol. The van der Waals surface area contributed by atoms with E-state index in [0.29, 0.717) is 5.76 Å². The second kappa shape index (κ2) is 8.36. The van der Waals surface area contributed by atoms with Crippen LogP contribution in [-0.2, 0) is 9.59 Å². The zero-order chi connectivity index (χ0) is 24.8. The predicted octanol–water partition coefficient (Wildman–Crippen LogP) is 5.56. The van der Waals surface area contributed by atoms with Gasteiger partial charge in [-0.1, -0.05) is 0 Å². The van der Waals surface area contributed by atoms with Crippen LogP contribution in [0.4, 0.5) is 23.2 Å². The van der Waals surface area contributed by atoms with Gasteiger partial charge in [0.05, 0.1) is 5.57 Å². The number of furan rings is 1. The van der Waals surface area contributed by atoms with E-state index in [1.807, 2.05) is 0 Å². The summed E-state index contributed by atoms with van der Waals surface area (Å²) in [4.78, 5) is 27.0. The van der Waals surface area contributed by atoms with Crippen LogP contribution in [0.2, 0.25) is 0 Å². The number of anilines is 1. The lowest BCUT2D eigenvalue weighted by Gasteiger charge is -2.23. The molecule has 1 saturated heterocycles. The second-order valence-electron chi connectivity index (χ2n) is 7.62. The van der Waals surface area contributed by atoms with Gasteiger partial charge < -0.3 is 14.3 Å². The Balaban J connectivity index is 1.85. The van der Waals surface area contributed by atoms with E-state index in [4.69, 9.17) is 4.42 Å². The topological polar surface area (TPSA) is 80.0 Å². The number of halogens is 4. The summed E-state index contributed by atoms with van der Waals surface area (Å²) in [5.74, 6) is -3.02. The number of hydrogen-bond acceptors (Lipinski definition) is 5. The van der Waals surface area contributed by atoms with Gasteiger partial charge in [-0.05, 0) is 74.0 Å². The van der Waals surface area contributed by atoms with Crippen molar-refractivity contribution in [3.63, 3.8) is 0 Å². The summed E-state index contributed by atoms with van der Waals surface area (Å²) < 4.78 is 60.7. The van der Waals surface area contributed by atoms with Crippen LogP contribution in [0.1, 0.15) is 28.7 Å². The molecule has 1 atom stereocenters. The largest absolute Gasteiger partial charge is 0.573 e. The van der Waals surface area contributed by atoms with Crippen LogP contribution in [0.15, 0.2) is 64.6 Å². The number of benzene rings is 2. The molecule has 1 unspecified atom stereocenters. The van der Waals surface area contributed by atoms with E-state index in [1.165, 1.54) is 37.3 Å². The van der Waals surface area contributed by atoms with Crippen molar-refractivity contribution in [3.05, 3.63) is 88.6 Å². The molecule has 0 bridgehead atoms. The first kappa shape index (κ1) is 23.1. The highest BCUT2D eigenvalue weighted by Crippen LogP contribution is 2.43. The number of rotatable bonds is 4. The average Bonchev–Trinajstić information content (AvgIpc) is 3.30. The molecule has 1 amide bonds. The van der Waals surface area contributed by atoms with E-state index in [1.54, 1.807) is 13.0 Å². The van der Waals surface area contributed by atoms with Crippen molar-refractivity contribution in [1.82, 2.24) is 0 Å². The van der Waals surface area contributed by atoms with Crippen LogP contribution in [0, 0.1) is 19.7 Å². The zero-order valence-corrected chi connectivity index (χ0v) is 17.8. The van der Waals surface area contributed by atoms with Gasteiger partial charge in [0.1, 0.15) is 34.9 Å². The lowest BCUT2D eigenvalue weighted by Crippen LogP contribution is -2.29. The maximum Gasteiger partial charge on any atom is 0.573 e. The molecule has 0 spiro atoms. The Kier molecular flexibility index (Phi) is 5.68. The Hall–Kier alpha value is -4.08. The lowest BCUT2D eigenvalue weighted by molar-refractivity contribution is -0.274. The SMILES string of the molecule is Cc1ccc(C2/C(=C(/O)c3ccc(F)c(C)c3)C(=O)C(=O)N2c2ccc(OC(F)(F)F)cc2)o1. The minimum Gasteiger partial charge on any atom is -0.507 e. The minimum absolute atomic E-state index is 0.0741. The molecule has 6 nitrogen and oxygen atoms in total. The molecule has 3 aromatic rings. The Morgan fingerprint density at radius 2 is 1.71 bits per heavy atom. The molecule has 0 aliphatic carbocycles. The summed E-state index contributed by atoms with van der Waals surface area (Å²) in [5, 5.41) is 11.0. The van der Waals surface area contributed by atoms with Gasteiger partial charge in [0.25, 0.3) is 11.7 Å². The highest BCUT2D eigenvalue weighted by Gasteiger charge is 2.48. The van der Waals surface area contributed by atoms with Gasteiger partial charge in [-0.15, -0.1) is 13.2 Å². The first-order valence-corrected chi connectivity index (χ1v) is 9.96. The molecule has 1 aliphatic rings. The van der Waals surface area contributed by atoms with Gasteiger partial charge in [0, 0.05) is 11.3 Å². The van der Waals surface area contributed by atoms with Crippen molar-refractivity contribution in [1.29, 1.82) is 0 Å². The number of carbonyl (C=O) groups is 2. The molecule has 2 heterocycles. The number of hydrogen-bond donors (Lipinski definition) is 1. The van der Waals surface area contributed by atoms with E-state index >= 15 is 0 Å². The van der Waals surface area contributed by atoms with Crippen molar-refractivity contribution in [3.8, 4) is 5.75 Å². The fourth-order valence-electron chi connectivity index (χ4n) is 3.72. The Bertz CT molecular complexity index is 1310. The fraction of sp³-hybridized carbons (Fsp3) is 0.167. The number of carbonyl (C=O) groups excluding carboxylic acids is 2. The van der Waals surface area contributed by atoms with Gasteiger partial charge in [-0.25, -0.2) is 4.39 Å². The monoisotopic (exact) mass is 475 g/mol. The maximum absolute atomic E-state index is 13.7. The second-order valence-corrected chi connectivity index (χ2v) is 7.62. The first-order chi connectivity index (χ1) is 16.0. The van der Waals surface area contributed by atoms with Gasteiger partial charge in [0.15, 0.2) is 0 Å². The number of aliphatic hydroxyl groups is 1. The number of aliphatic hydroxyl groups excluding tert-OH is 1. The molecule has 1 aromatic heterocycles. The molecule has 4 rings (SSSR count). The molecule has 1 N–H and O–H groups in total. The first-order valence-electron chi connectivity index (χ1n) is 9.96. The molecular formula is C24H17F4NO5. The number of ketones is 1. The van der Waals surface area contributed by atoms with Crippen LogP contribution in [-0.4, -0.2) is 23.2 Å². The minimum atomic E-state index is -4.90. The number of aryl methyl sites for hydroxylation is 2. The van der Waals surface area contributed by atoms with Crippen molar-refractivity contribution >= 4 is 23.1 Å². The van der Waals surface area contributed by atoms with Gasteiger partial charge in [0.2, 0.25) is 0 Å². The van der Waals surface area contributed by atoms with Gasteiger partial charge >= 0.3 is 6.36 Å². The van der Waals surface area contributed by atoms with Crippen LogP contribution >= 0.6 is 0 Å². The highest BCUT2D eigenvalue weighted by molar-refractivity contribution is 6.51. The molecular weight excluding hydrogens is 458 g/mol. The van der Waals surface area contributed by atoms with Crippen molar-refractivity contribution in [2.24, 2.45) is 0 Å². The quantitative estimate of drug-likeness (QED) is 0.231. The van der Waals surface area contributed by atoms with Crippen molar-refractivity contribution < 1.29 is 41.4 Å². The number of amides is 1. The molecule has 1 fully saturated rings. The summed E-state index contributed by atoms with van der Waals surface area (Å²) in [7, 11) is 0. The zero-order valence-electron chi connectivity index (χ0n) is 17.8. The Morgan fingerprint density at radius 1 is 1.03 bits per heavy atom. The van der Waals surface area contributed by atoms with E-state index in [-0.39, 0.29) is 28.1 Å². The van der Waals surface area contributed by atoms with Crippen LogP contribution < -0.4 is 9.64 Å². The number of nitrogens with zero attached hydrogens (tertiary/aromatic N) is 1. The molecule has 176 valence electrons. The van der Waals surface area contributed by atoms with E-state index in [0.717, 1.165) is 23.1 Å². The summed E-state index contributed by atoms with van der Waals surface area (Å²) in [6.07, 6.45) is -4.90. The molecule has 2 aromatic carbocycles. The normalized spacial score (nSPS) is 17.9. The van der Waals surface area contributed by atoms with Crippen LogP contribution in [0.5, 0.6) is 5.75 Å². The summed E-state index contributed by atoms with van der Waals surface area (Å²) >= 11 is 0.